The van der Waals surface area contributed by atoms with Crippen molar-refractivity contribution in [3.8, 4) is 0 Å². The fourth-order valence-electron chi connectivity index (χ4n) is 1.97. The van der Waals surface area contributed by atoms with Crippen LogP contribution in [-0.4, -0.2) is 11.1 Å². The van der Waals surface area contributed by atoms with Crippen LogP contribution >= 0.6 is 0 Å². The summed E-state index contributed by atoms with van der Waals surface area (Å²) < 4.78 is 43.4. The molecule has 1 N–H and O–H groups in total. The first-order chi connectivity index (χ1) is 10.8. The van der Waals surface area contributed by atoms with Gasteiger partial charge >= 0.3 is 12.1 Å². The molecule has 0 amide bonds. The Balaban J connectivity index is 2.43. The number of halogens is 3. The van der Waals surface area contributed by atoms with Crippen molar-refractivity contribution in [2.75, 3.05) is 0 Å². The molecule has 1 heterocycles. The number of carboxylic acids is 1. The van der Waals surface area contributed by atoms with Gasteiger partial charge in [0.15, 0.2) is 0 Å². The first-order valence-electron chi connectivity index (χ1n) is 6.63. The van der Waals surface area contributed by atoms with Gasteiger partial charge in [-0.2, -0.15) is 13.2 Å². The summed E-state index contributed by atoms with van der Waals surface area (Å²) in [5.74, 6) is -0.0408. The van der Waals surface area contributed by atoms with Gasteiger partial charge in [-0.15, -0.1) is 0 Å². The molecule has 2 rings (SSSR count). The lowest BCUT2D eigenvalue weighted by molar-refractivity contribution is -0.137. The van der Waals surface area contributed by atoms with Crippen LogP contribution in [0.3, 0.4) is 0 Å². The largest absolute Gasteiger partial charge is 0.478 e. The summed E-state index contributed by atoms with van der Waals surface area (Å²) in [5.41, 5.74) is 0.226. The van der Waals surface area contributed by atoms with Crippen LogP contribution in [0.1, 0.15) is 22.6 Å². The highest BCUT2D eigenvalue weighted by molar-refractivity contribution is 5.83. The molecule has 0 spiro atoms. The number of carbonyl (C=O) groups is 1. The van der Waals surface area contributed by atoms with Gasteiger partial charge in [-0.3, -0.25) is 0 Å². The highest BCUT2D eigenvalue weighted by Gasteiger charge is 2.30. The van der Waals surface area contributed by atoms with Crippen molar-refractivity contribution in [2.45, 2.75) is 13.1 Å². The lowest BCUT2D eigenvalue weighted by atomic mass is 10.0. The molecule has 0 unspecified atom stereocenters. The Kier molecular flexibility index (Phi) is 4.74. The van der Waals surface area contributed by atoms with Crippen LogP contribution < -0.4 is 0 Å². The van der Waals surface area contributed by atoms with Gasteiger partial charge in [-0.25, -0.2) is 4.79 Å². The fraction of sp³-hybridized carbons (Fsp3) is 0.118. The molecule has 0 radical (unpaired) electrons. The number of aliphatic carboxylic acids is 1. The van der Waals surface area contributed by atoms with Gasteiger partial charge in [-0.05, 0) is 36.8 Å². The predicted molar refractivity (Wildman–Crippen MR) is 78.7 cm³/mol. The van der Waals surface area contributed by atoms with Crippen LogP contribution in [-0.2, 0) is 11.0 Å². The third kappa shape index (κ3) is 4.35. The number of furan rings is 1. The number of allylic oxidation sites excluding steroid dienone is 2. The summed E-state index contributed by atoms with van der Waals surface area (Å²) in [6, 6.07) is 7.98. The smallest absolute Gasteiger partial charge is 0.416 e. The molecule has 0 fully saturated rings. The van der Waals surface area contributed by atoms with Crippen molar-refractivity contribution < 1.29 is 27.5 Å². The highest BCUT2D eigenvalue weighted by atomic mass is 19.4. The first kappa shape index (κ1) is 16.6. The van der Waals surface area contributed by atoms with Crippen LogP contribution in [0.25, 0.3) is 5.57 Å². The zero-order valence-electron chi connectivity index (χ0n) is 12.1. The molecule has 3 nitrogen and oxygen atoms in total. The SMILES string of the molecule is Cc1ccc(/C(=C\C=C\C(=O)O)c2ccc(C(F)(F)F)cc2)o1. The van der Waals surface area contributed by atoms with E-state index in [1.165, 1.54) is 24.3 Å². The zero-order valence-corrected chi connectivity index (χ0v) is 12.1. The molecular formula is C17H13F3O3. The molecule has 23 heavy (non-hydrogen) atoms. The molecule has 0 aliphatic heterocycles. The van der Waals surface area contributed by atoms with E-state index < -0.39 is 17.7 Å². The number of hydrogen-bond donors (Lipinski definition) is 1. The third-order valence-electron chi connectivity index (χ3n) is 3.03. The maximum Gasteiger partial charge on any atom is 0.416 e. The van der Waals surface area contributed by atoms with E-state index in [0.717, 1.165) is 18.2 Å². The molecule has 0 saturated heterocycles. The second-order valence-electron chi connectivity index (χ2n) is 4.76. The number of alkyl halides is 3. The summed E-state index contributed by atoms with van der Waals surface area (Å²) in [7, 11) is 0. The molecule has 1 aromatic heterocycles. The summed E-state index contributed by atoms with van der Waals surface area (Å²) in [5, 5.41) is 8.63. The highest BCUT2D eigenvalue weighted by Crippen LogP contribution is 2.31. The Morgan fingerprint density at radius 1 is 1.13 bits per heavy atom. The molecule has 0 bridgehead atoms. The Labute approximate surface area is 130 Å². The maximum absolute atomic E-state index is 12.6. The lowest BCUT2D eigenvalue weighted by Gasteiger charge is -2.09. The van der Waals surface area contributed by atoms with Crippen LogP contribution in [0.15, 0.2) is 59.0 Å². The van der Waals surface area contributed by atoms with Crippen molar-refractivity contribution in [3.63, 3.8) is 0 Å². The van der Waals surface area contributed by atoms with E-state index in [0.29, 0.717) is 22.7 Å². The van der Waals surface area contributed by atoms with E-state index in [9.17, 15) is 18.0 Å². The van der Waals surface area contributed by atoms with Gasteiger partial charge in [0.1, 0.15) is 11.5 Å². The topological polar surface area (TPSA) is 50.4 Å². The van der Waals surface area contributed by atoms with Gasteiger partial charge in [0, 0.05) is 11.6 Å². The average molecular weight is 322 g/mol. The second-order valence-corrected chi connectivity index (χ2v) is 4.76. The number of hydrogen-bond acceptors (Lipinski definition) is 2. The first-order valence-corrected chi connectivity index (χ1v) is 6.63. The van der Waals surface area contributed by atoms with E-state index in [2.05, 4.69) is 0 Å². The standard InChI is InChI=1S/C17H13F3O3/c1-11-5-10-15(23-11)14(3-2-4-16(21)22)12-6-8-13(9-7-12)17(18,19)20/h2-10H,1H3,(H,21,22)/b4-2+,14-3-. The van der Waals surface area contributed by atoms with Crippen LogP contribution in [0, 0.1) is 6.92 Å². The number of benzene rings is 1. The van der Waals surface area contributed by atoms with E-state index in [4.69, 9.17) is 9.52 Å². The van der Waals surface area contributed by atoms with Gasteiger partial charge in [0.2, 0.25) is 0 Å². The van der Waals surface area contributed by atoms with Gasteiger partial charge < -0.3 is 9.52 Å². The normalized spacial score (nSPS) is 12.8. The molecule has 0 saturated carbocycles. The molecule has 0 aliphatic rings. The summed E-state index contributed by atoms with van der Waals surface area (Å²) in [4.78, 5) is 10.5. The fourth-order valence-corrected chi connectivity index (χ4v) is 1.97. The molecular weight excluding hydrogens is 309 g/mol. The van der Waals surface area contributed by atoms with Crippen molar-refractivity contribution in [1.29, 1.82) is 0 Å². The predicted octanol–water partition coefficient (Wildman–Crippen LogP) is 4.68. The molecule has 120 valence electrons. The number of rotatable bonds is 4. The van der Waals surface area contributed by atoms with Gasteiger partial charge in [-0.1, -0.05) is 24.3 Å². The Morgan fingerprint density at radius 2 is 1.78 bits per heavy atom. The van der Waals surface area contributed by atoms with Crippen LogP contribution in [0.2, 0.25) is 0 Å². The minimum atomic E-state index is -4.41. The second kappa shape index (κ2) is 6.56. The molecule has 6 heteroatoms. The van der Waals surface area contributed by atoms with Crippen molar-refractivity contribution in [3.05, 3.63) is 77.3 Å². The van der Waals surface area contributed by atoms with Gasteiger partial charge in [0.05, 0.1) is 5.56 Å². The molecule has 1 aromatic carbocycles. The Hall–Kier alpha value is -2.76. The number of aryl methyl sites for hydroxylation is 1. The summed E-state index contributed by atoms with van der Waals surface area (Å²) >= 11 is 0. The summed E-state index contributed by atoms with van der Waals surface area (Å²) in [6.45, 7) is 1.74. The summed E-state index contributed by atoms with van der Waals surface area (Å²) in [6.07, 6.45) is -0.699. The minimum Gasteiger partial charge on any atom is -0.478 e. The van der Waals surface area contributed by atoms with Gasteiger partial charge in [0.25, 0.3) is 0 Å². The maximum atomic E-state index is 12.6. The van der Waals surface area contributed by atoms with Crippen LogP contribution in [0.4, 0.5) is 13.2 Å². The minimum absolute atomic E-state index is 0.442. The Morgan fingerprint density at radius 3 is 2.26 bits per heavy atom. The van der Waals surface area contributed by atoms with E-state index in [1.807, 2.05) is 0 Å². The monoisotopic (exact) mass is 322 g/mol. The lowest BCUT2D eigenvalue weighted by Crippen LogP contribution is -2.04. The third-order valence-corrected chi connectivity index (χ3v) is 3.03. The van der Waals surface area contributed by atoms with Crippen molar-refractivity contribution in [1.82, 2.24) is 0 Å². The Bertz CT molecular complexity index is 750. The van der Waals surface area contributed by atoms with Crippen molar-refractivity contribution in [2.24, 2.45) is 0 Å². The quantitative estimate of drug-likeness (QED) is 0.657. The molecule has 2 aromatic rings. The van der Waals surface area contributed by atoms with E-state index in [-0.39, 0.29) is 0 Å². The molecule has 0 atom stereocenters. The zero-order chi connectivity index (χ0) is 17.0. The van der Waals surface area contributed by atoms with E-state index >= 15 is 0 Å². The average Bonchev–Trinajstić information content (AvgIpc) is 2.89. The number of carboxylic acid groups (broad SMARTS) is 1. The van der Waals surface area contributed by atoms with Crippen molar-refractivity contribution >= 4 is 11.5 Å². The van der Waals surface area contributed by atoms with E-state index in [1.54, 1.807) is 19.1 Å². The molecule has 0 aliphatic carbocycles. The van der Waals surface area contributed by atoms with Crippen LogP contribution in [0.5, 0.6) is 0 Å².